The minimum atomic E-state index is -3.60. The highest BCUT2D eigenvalue weighted by molar-refractivity contribution is 7.89. The van der Waals surface area contributed by atoms with E-state index in [0.717, 1.165) is 25.7 Å². The molecule has 1 unspecified atom stereocenters. The van der Waals surface area contributed by atoms with E-state index in [0.29, 0.717) is 13.1 Å². The first-order valence-electron chi connectivity index (χ1n) is 8.13. The summed E-state index contributed by atoms with van der Waals surface area (Å²) >= 11 is 0. The van der Waals surface area contributed by atoms with Crippen LogP contribution in [-0.4, -0.2) is 53.4 Å². The zero-order chi connectivity index (χ0) is 17.4. The number of rotatable bonds is 7. The second kappa shape index (κ2) is 7.89. The van der Waals surface area contributed by atoms with E-state index in [4.69, 9.17) is 0 Å². The normalized spacial score (nSPS) is 21.9. The minimum Gasteiger partial charge on any atom is -0.318 e. The first-order valence-corrected chi connectivity index (χ1v) is 11.1. The maximum absolute atomic E-state index is 12.8. The fraction of sp³-hybridized carbons (Fsp3) is 0.600. The summed E-state index contributed by atoms with van der Waals surface area (Å²) < 4.78 is 54.0. The van der Waals surface area contributed by atoms with Crippen molar-refractivity contribution < 1.29 is 16.8 Å². The van der Waals surface area contributed by atoms with Gasteiger partial charge in [-0.25, -0.2) is 21.6 Å². The van der Waals surface area contributed by atoms with Crippen molar-refractivity contribution in [3.05, 3.63) is 24.3 Å². The van der Waals surface area contributed by atoms with E-state index < -0.39 is 20.0 Å². The predicted octanol–water partition coefficient (Wildman–Crippen LogP) is 0.922. The number of nitrogens with zero attached hydrogens (tertiary/aromatic N) is 1. The smallest absolute Gasteiger partial charge is 0.243 e. The van der Waals surface area contributed by atoms with Crippen molar-refractivity contribution in [2.75, 3.05) is 20.1 Å². The van der Waals surface area contributed by atoms with E-state index in [1.807, 2.05) is 0 Å². The average Bonchev–Trinajstić information content (AvgIpc) is 3.21. The van der Waals surface area contributed by atoms with Crippen LogP contribution in [0.25, 0.3) is 0 Å². The van der Waals surface area contributed by atoms with Gasteiger partial charge in [0.2, 0.25) is 20.0 Å². The standard InChI is InChI=1S/C15H23N3O4S2.ClH/c1-16-11-13-3-2-10-18(13)24(21,22)15-8-6-14(7-9-15)23(19,20)17-12-4-5-12;/h6-9,12-13,16-17H,2-5,10-11H2,1H3;1H. The molecule has 0 amide bonds. The molecular weight excluding hydrogens is 386 g/mol. The van der Waals surface area contributed by atoms with Gasteiger partial charge in [-0.15, -0.1) is 12.4 Å². The molecule has 2 N–H and O–H groups in total. The van der Waals surface area contributed by atoms with Crippen molar-refractivity contribution >= 4 is 32.5 Å². The third-order valence-corrected chi connectivity index (χ3v) is 7.91. The van der Waals surface area contributed by atoms with Gasteiger partial charge in [0, 0.05) is 25.2 Å². The summed E-state index contributed by atoms with van der Waals surface area (Å²) in [5.74, 6) is 0. The van der Waals surface area contributed by atoms with Crippen LogP contribution in [0.4, 0.5) is 0 Å². The number of hydrogen-bond acceptors (Lipinski definition) is 5. The van der Waals surface area contributed by atoms with Crippen molar-refractivity contribution in [3.63, 3.8) is 0 Å². The first kappa shape index (κ1) is 20.6. The Balaban J connectivity index is 0.00000225. The van der Waals surface area contributed by atoms with Gasteiger partial charge in [0.15, 0.2) is 0 Å². The van der Waals surface area contributed by atoms with Crippen LogP contribution in [0, 0.1) is 0 Å². The zero-order valence-corrected chi connectivity index (χ0v) is 16.5. The summed E-state index contributed by atoms with van der Waals surface area (Å²) in [6, 6.07) is 5.45. The molecular formula is C15H24ClN3O4S2. The molecule has 25 heavy (non-hydrogen) atoms. The van der Waals surface area contributed by atoms with Crippen LogP contribution in [0.5, 0.6) is 0 Å². The Bertz CT molecular complexity index is 793. The number of sulfonamides is 2. The molecule has 2 aliphatic rings. The Morgan fingerprint density at radius 1 is 1.04 bits per heavy atom. The lowest BCUT2D eigenvalue weighted by Crippen LogP contribution is -2.40. The summed E-state index contributed by atoms with van der Waals surface area (Å²) in [6.07, 6.45) is 3.38. The quantitative estimate of drug-likeness (QED) is 0.698. The fourth-order valence-electron chi connectivity index (χ4n) is 2.98. The van der Waals surface area contributed by atoms with Crippen molar-refractivity contribution in [1.29, 1.82) is 0 Å². The molecule has 1 aromatic rings. The van der Waals surface area contributed by atoms with Crippen LogP contribution < -0.4 is 10.0 Å². The summed E-state index contributed by atoms with van der Waals surface area (Å²) in [5.41, 5.74) is 0. The predicted molar refractivity (Wildman–Crippen MR) is 97.9 cm³/mol. The highest BCUT2D eigenvalue weighted by Gasteiger charge is 2.35. The van der Waals surface area contributed by atoms with Gasteiger partial charge in [0.25, 0.3) is 0 Å². The summed E-state index contributed by atoms with van der Waals surface area (Å²) in [5, 5.41) is 3.02. The average molecular weight is 410 g/mol. The summed E-state index contributed by atoms with van der Waals surface area (Å²) in [7, 11) is -5.37. The molecule has 0 bridgehead atoms. The van der Waals surface area contributed by atoms with E-state index in [-0.39, 0.29) is 34.3 Å². The maximum Gasteiger partial charge on any atom is 0.243 e. The fourth-order valence-corrected chi connectivity index (χ4v) is 5.98. The van der Waals surface area contributed by atoms with Gasteiger partial charge < -0.3 is 5.32 Å². The van der Waals surface area contributed by atoms with Crippen molar-refractivity contribution in [1.82, 2.24) is 14.3 Å². The van der Waals surface area contributed by atoms with Gasteiger partial charge >= 0.3 is 0 Å². The Labute approximate surface area is 155 Å². The molecule has 1 saturated heterocycles. The second-order valence-electron chi connectivity index (χ2n) is 6.34. The van der Waals surface area contributed by atoms with Crippen LogP contribution >= 0.6 is 12.4 Å². The lowest BCUT2D eigenvalue weighted by molar-refractivity contribution is 0.379. The van der Waals surface area contributed by atoms with Gasteiger partial charge in [-0.05, 0) is 57.0 Å². The van der Waals surface area contributed by atoms with Gasteiger partial charge in [0.1, 0.15) is 0 Å². The Morgan fingerprint density at radius 2 is 1.64 bits per heavy atom. The first-order chi connectivity index (χ1) is 11.3. The number of benzene rings is 1. The number of likely N-dealkylation sites (N-methyl/N-ethyl adjacent to an activating group) is 1. The summed E-state index contributed by atoms with van der Waals surface area (Å²) in [6.45, 7) is 1.11. The minimum absolute atomic E-state index is 0. The molecule has 0 aromatic heterocycles. The molecule has 1 heterocycles. The van der Waals surface area contributed by atoms with Crippen LogP contribution in [0.1, 0.15) is 25.7 Å². The van der Waals surface area contributed by atoms with E-state index in [1.165, 1.54) is 28.6 Å². The molecule has 10 heteroatoms. The Kier molecular flexibility index (Phi) is 6.50. The molecule has 2 fully saturated rings. The zero-order valence-electron chi connectivity index (χ0n) is 14.0. The van der Waals surface area contributed by atoms with Gasteiger partial charge in [-0.1, -0.05) is 0 Å². The molecule has 0 radical (unpaired) electrons. The number of nitrogens with one attached hydrogen (secondary N) is 2. The van der Waals surface area contributed by atoms with Crippen LogP contribution in [-0.2, 0) is 20.0 Å². The Morgan fingerprint density at radius 3 is 2.20 bits per heavy atom. The Hall–Kier alpha value is -0.710. The number of hydrogen-bond donors (Lipinski definition) is 2. The molecule has 1 aliphatic heterocycles. The molecule has 0 spiro atoms. The third kappa shape index (κ3) is 4.53. The number of halogens is 1. The van der Waals surface area contributed by atoms with Crippen molar-refractivity contribution in [2.24, 2.45) is 0 Å². The molecule has 1 saturated carbocycles. The monoisotopic (exact) mass is 409 g/mol. The highest BCUT2D eigenvalue weighted by Crippen LogP contribution is 2.27. The largest absolute Gasteiger partial charge is 0.318 e. The van der Waals surface area contributed by atoms with Gasteiger partial charge in [-0.2, -0.15) is 4.31 Å². The lowest BCUT2D eigenvalue weighted by Gasteiger charge is -2.24. The second-order valence-corrected chi connectivity index (χ2v) is 9.94. The topological polar surface area (TPSA) is 95.6 Å². The molecule has 142 valence electrons. The molecule has 1 aliphatic carbocycles. The van der Waals surface area contributed by atoms with E-state index in [1.54, 1.807) is 7.05 Å². The van der Waals surface area contributed by atoms with E-state index in [9.17, 15) is 16.8 Å². The molecule has 3 rings (SSSR count). The van der Waals surface area contributed by atoms with Crippen LogP contribution in [0.15, 0.2) is 34.1 Å². The molecule has 7 nitrogen and oxygen atoms in total. The molecule has 1 aromatic carbocycles. The van der Waals surface area contributed by atoms with E-state index >= 15 is 0 Å². The van der Waals surface area contributed by atoms with Crippen molar-refractivity contribution in [2.45, 2.75) is 47.6 Å². The van der Waals surface area contributed by atoms with Crippen LogP contribution in [0.3, 0.4) is 0 Å². The van der Waals surface area contributed by atoms with Gasteiger partial charge in [0.05, 0.1) is 9.79 Å². The maximum atomic E-state index is 12.8. The van der Waals surface area contributed by atoms with E-state index in [2.05, 4.69) is 10.0 Å². The van der Waals surface area contributed by atoms with Crippen LogP contribution in [0.2, 0.25) is 0 Å². The van der Waals surface area contributed by atoms with Gasteiger partial charge in [-0.3, -0.25) is 0 Å². The van der Waals surface area contributed by atoms with Crippen molar-refractivity contribution in [3.8, 4) is 0 Å². The molecule has 1 atom stereocenters. The SMILES string of the molecule is CNCC1CCCN1S(=O)(=O)c1ccc(S(=O)(=O)NC2CC2)cc1.Cl. The summed E-state index contributed by atoms with van der Waals surface area (Å²) in [4.78, 5) is 0.234. The highest BCUT2D eigenvalue weighted by atomic mass is 35.5. The lowest BCUT2D eigenvalue weighted by atomic mass is 10.2. The third-order valence-electron chi connectivity index (χ3n) is 4.40.